The fraction of sp³-hybridized carbons (Fsp3) is 0.727. The first-order chi connectivity index (χ1) is 8.69. The second-order valence-electron chi connectivity index (χ2n) is 3.19. The summed E-state index contributed by atoms with van der Waals surface area (Å²) in [6.07, 6.45) is 1.25. The summed E-state index contributed by atoms with van der Waals surface area (Å²) < 4.78 is 15.3. The number of carbonyl (C=O) groups is 1. The predicted molar refractivity (Wildman–Crippen MR) is 65.8 cm³/mol. The molecule has 102 valence electrons. The van der Waals surface area contributed by atoms with Crippen LogP contribution in [0.3, 0.4) is 0 Å². The normalized spacial score (nSPS) is 12.7. The summed E-state index contributed by atoms with van der Waals surface area (Å²) in [7, 11) is 1.50. The number of ether oxygens (including phenoxy) is 3. The van der Waals surface area contributed by atoms with Crippen LogP contribution in [0.4, 0.5) is 0 Å². The zero-order valence-corrected chi connectivity index (χ0v) is 11.0. The second-order valence-corrected chi connectivity index (χ2v) is 3.19. The van der Waals surface area contributed by atoms with Crippen molar-refractivity contribution >= 4 is 5.97 Å². The monoisotopic (exact) mass is 257 g/mol. The van der Waals surface area contributed by atoms with E-state index in [1.165, 1.54) is 13.2 Å². The summed E-state index contributed by atoms with van der Waals surface area (Å²) in [5, 5.41) is 3.35. The molecule has 0 aromatic carbocycles. The molecule has 7 heteroatoms. The van der Waals surface area contributed by atoms with Crippen molar-refractivity contribution in [3.8, 4) is 0 Å². The molecule has 0 N–H and O–H groups in total. The first kappa shape index (κ1) is 16.4. The van der Waals surface area contributed by atoms with Gasteiger partial charge in [-0.05, 0) is 19.4 Å². The summed E-state index contributed by atoms with van der Waals surface area (Å²) in [6.45, 7) is 4.40. The number of hydrogen-bond donors (Lipinski definition) is 0. The third-order valence-electron chi connectivity index (χ3n) is 2.02. The minimum Gasteiger partial charge on any atom is -0.463 e. The first-order valence-corrected chi connectivity index (χ1v) is 5.70. The predicted octanol–water partition coefficient (Wildman–Crippen LogP) is 2.19. The highest BCUT2D eigenvalue weighted by molar-refractivity contribution is 5.88. The topological polar surface area (TPSA) is 93.5 Å². The van der Waals surface area contributed by atoms with E-state index in [0.717, 1.165) is 0 Å². The number of nitrogens with zero attached hydrogens (tertiary/aromatic N) is 3. The fourth-order valence-corrected chi connectivity index (χ4v) is 1.24. The molecular weight excluding hydrogens is 238 g/mol. The first-order valence-electron chi connectivity index (χ1n) is 5.70. The Bertz CT molecular complexity index is 324. The highest BCUT2D eigenvalue weighted by Gasteiger charge is 2.16. The maximum absolute atomic E-state index is 11.7. The average molecular weight is 257 g/mol. The van der Waals surface area contributed by atoms with Crippen LogP contribution in [0, 0.1) is 0 Å². The van der Waals surface area contributed by atoms with Crippen LogP contribution >= 0.6 is 0 Å². The Hall–Kier alpha value is -1.56. The van der Waals surface area contributed by atoms with Crippen molar-refractivity contribution in [1.82, 2.24) is 0 Å². The van der Waals surface area contributed by atoms with E-state index in [9.17, 15) is 4.79 Å². The third kappa shape index (κ3) is 6.90. The Morgan fingerprint density at radius 1 is 1.44 bits per heavy atom. The van der Waals surface area contributed by atoms with Gasteiger partial charge >= 0.3 is 5.97 Å². The molecule has 0 bridgehead atoms. The van der Waals surface area contributed by atoms with Crippen LogP contribution in [0.5, 0.6) is 0 Å². The zero-order chi connectivity index (χ0) is 13.8. The lowest BCUT2D eigenvalue weighted by atomic mass is 10.1. The van der Waals surface area contributed by atoms with Gasteiger partial charge in [0.2, 0.25) is 0 Å². The van der Waals surface area contributed by atoms with Crippen molar-refractivity contribution in [2.75, 3.05) is 26.9 Å². The molecule has 0 amide bonds. The Balaban J connectivity index is 4.68. The van der Waals surface area contributed by atoms with E-state index >= 15 is 0 Å². The molecule has 0 aromatic heterocycles. The largest absolute Gasteiger partial charge is 0.463 e. The molecule has 0 radical (unpaired) electrons. The average Bonchev–Trinajstić information content (AvgIpc) is 2.37. The van der Waals surface area contributed by atoms with Gasteiger partial charge in [0.15, 0.2) is 6.29 Å². The van der Waals surface area contributed by atoms with Gasteiger partial charge in [-0.25, -0.2) is 4.79 Å². The molecule has 0 heterocycles. The van der Waals surface area contributed by atoms with E-state index in [1.54, 1.807) is 6.92 Å². The van der Waals surface area contributed by atoms with Crippen molar-refractivity contribution in [2.45, 2.75) is 26.6 Å². The van der Waals surface area contributed by atoms with Crippen molar-refractivity contribution in [1.29, 1.82) is 0 Å². The highest BCUT2D eigenvalue weighted by Crippen LogP contribution is 2.11. The van der Waals surface area contributed by atoms with Crippen LogP contribution in [-0.2, 0) is 19.0 Å². The van der Waals surface area contributed by atoms with Gasteiger partial charge < -0.3 is 14.2 Å². The molecule has 0 saturated heterocycles. The molecule has 0 aliphatic carbocycles. The molecular formula is C11H19N3O4. The van der Waals surface area contributed by atoms with Crippen LogP contribution < -0.4 is 0 Å². The lowest BCUT2D eigenvalue weighted by molar-refractivity contribution is -0.143. The smallest absolute Gasteiger partial charge is 0.333 e. The van der Waals surface area contributed by atoms with Crippen molar-refractivity contribution in [3.05, 3.63) is 22.1 Å². The van der Waals surface area contributed by atoms with Gasteiger partial charge in [0, 0.05) is 37.2 Å². The minimum atomic E-state index is -0.517. The minimum absolute atomic E-state index is 0.0905. The number of azide groups is 1. The Morgan fingerprint density at radius 2 is 2.17 bits per heavy atom. The Labute approximate surface area is 106 Å². The summed E-state index contributed by atoms with van der Waals surface area (Å²) in [5.41, 5.74) is 8.58. The standard InChI is InChI=1S/C11H19N3O4/c1-4-17-10(16-3)8-9(6-7-13-14-12)11(15)18-5-2/h6,10H,4-5,7-8H2,1-3H3/b9-6-. The van der Waals surface area contributed by atoms with Gasteiger partial charge in [-0.2, -0.15) is 0 Å². The number of methoxy groups -OCH3 is 1. The van der Waals surface area contributed by atoms with E-state index in [1.807, 2.05) is 6.92 Å². The van der Waals surface area contributed by atoms with Gasteiger partial charge in [0.25, 0.3) is 0 Å². The summed E-state index contributed by atoms with van der Waals surface area (Å²) in [5.74, 6) is -0.451. The molecule has 0 aliphatic rings. The molecule has 0 spiro atoms. The Morgan fingerprint density at radius 3 is 2.67 bits per heavy atom. The quantitative estimate of drug-likeness (QED) is 0.158. The summed E-state index contributed by atoms with van der Waals surface area (Å²) in [4.78, 5) is 14.3. The molecule has 1 atom stereocenters. The van der Waals surface area contributed by atoms with Crippen LogP contribution in [0.1, 0.15) is 20.3 Å². The van der Waals surface area contributed by atoms with Crippen LogP contribution in [0.2, 0.25) is 0 Å². The van der Waals surface area contributed by atoms with Gasteiger partial charge in [0.05, 0.1) is 6.61 Å². The van der Waals surface area contributed by atoms with Gasteiger partial charge in [-0.3, -0.25) is 0 Å². The number of esters is 1. The van der Waals surface area contributed by atoms with E-state index in [4.69, 9.17) is 19.7 Å². The van der Waals surface area contributed by atoms with Gasteiger partial charge in [0.1, 0.15) is 0 Å². The van der Waals surface area contributed by atoms with E-state index in [-0.39, 0.29) is 19.6 Å². The van der Waals surface area contributed by atoms with E-state index < -0.39 is 12.3 Å². The SMILES string of the molecule is CCOC(=O)/C(=C\CN=[N+]=[N-])CC(OC)OCC. The highest BCUT2D eigenvalue weighted by atomic mass is 16.7. The summed E-state index contributed by atoms with van der Waals surface area (Å²) >= 11 is 0. The third-order valence-corrected chi connectivity index (χ3v) is 2.02. The molecule has 1 unspecified atom stereocenters. The van der Waals surface area contributed by atoms with Crippen molar-refractivity contribution < 1.29 is 19.0 Å². The van der Waals surface area contributed by atoms with Crippen molar-refractivity contribution in [3.63, 3.8) is 0 Å². The summed E-state index contributed by atoms with van der Waals surface area (Å²) in [6, 6.07) is 0. The van der Waals surface area contributed by atoms with Crippen LogP contribution in [-0.4, -0.2) is 39.1 Å². The van der Waals surface area contributed by atoms with Crippen LogP contribution in [0.15, 0.2) is 16.8 Å². The zero-order valence-electron chi connectivity index (χ0n) is 11.0. The molecule has 0 fully saturated rings. The van der Waals surface area contributed by atoms with E-state index in [0.29, 0.717) is 12.2 Å². The van der Waals surface area contributed by atoms with E-state index in [2.05, 4.69) is 10.0 Å². The molecule has 7 nitrogen and oxygen atoms in total. The lowest BCUT2D eigenvalue weighted by Crippen LogP contribution is -2.20. The number of carbonyl (C=O) groups excluding carboxylic acids is 1. The van der Waals surface area contributed by atoms with Crippen LogP contribution in [0.25, 0.3) is 10.4 Å². The number of hydrogen-bond acceptors (Lipinski definition) is 5. The fourth-order valence-electron chi connectivity index (χ4n) is 1.24. The van der Waals surface area contributed by atoms with Crippen molar-refractivity contribution in [2.24, 2.45) is 5.11 Å². The molecule has 0 aromatic rings. The lowest BCUT2D eigenvalue weighted by Gasteiger charge is -2.16. The Kier molecular flexibility index (Phi) is 9.67. The molecule has 18 heavy (non-hydrogen) atoms. The van der Waals surface area contributed by atoms with Gasteiger partial charge in [-0.1, -0.05) is 11.2 Å². The number of rotatable bonds is 9. The molecule has 0 saturated carbocycles. The maximum atomic E-state index is 11.7. The molecule has 0 aliphatic heterocycles. The van der Waals surface area contributed by atoms with Gasteiger partial charge in [-0.15, -0.1) is 0 Å². The maximum Gasteiger partial charge on any atom is 0.333 e. The second kappa shape index (κ2) is 10.6. The molecule has 0 rings (SSSR count).